The van der Waals surface area contributed by atoms with E-state index < -0.39 is 10.0 Å². The molecule has 1 aromatic heterocycles. The molecule has 0 bridgehead atoms. The van der Waals surface area contributed by atoms with Gasteiger partial charge in [-0.25, -0.2) is 8.42 Å². The SMILES string of the molecule is Cc1noc(C)c1S(=O)(=O)N1CCCN(Cc2cccc(N)c2)CC1.Cl. The lowest BCUT2D eigenvalue weighted by Crippen LogP contribution is -2.35. The monoisotopic (exact) mass is 400 g/mol. The first-order valence-corrected chi connectivity index (χ1v) is 9.82. The third-order valence-corrected chi connectivity index (χ3v) is 6.61. The zero-order valence-corrected chi connectivity index (χ0v) is 16.6. The number of halogens is 1. The number of hydrogen-bond donors (Lipinski definition) is 1. The molecule has 1 fully saturated rings. The fraction of sp³-hybridized carbons (Fsp3) is 0.471. The van der Waals surface area contributed by atoms with Crippen LogP contribution in [-0.2, 0) is 16.6 Å². The molecule has 1 aromatic carbocycles. The number of anilines is 1. The smallest absolute Gasteiger partial charge is 0.248 e. The van der Waals surface area contributed by atoms with E-state index in [0.717, 1.165) is 30.8 Å². The molecule has 144 valence electrons. The van der Waals surface area contributed by atoms with Crippen LogP contribution in [0.4, 0.5) is 5.69 Å². The minimum atomic E-state index is -3.58. The van der Waals surface area contributed by atoms with Crippen LogP contribution in [0.15, 0.2) is 33.7 Å². The molecular weight excluding hydrogens is 376 g/mol. The Morgan fingerprint density at radius 2 is 1.96 bits per heavy atom. The first kappa shape index (κ1) is 20.7. The Hall–Kier alpha value is -1.61. The van der Waals surface area contributed by atoms with E-state index in [2.05, 4.69) is 10.1 Å². The van der Waals surface area contributed by atoms with Gasteiger partial charge in [-0.3, -0.25) is 4.90 Å². The first-order valence-electron chi connectivity index (χ1n) is 8.38. The van der Waals surface area contributed by atoms with Crippen LogP contribution < -0.4 is 5.73 Å². The van der Waals surface area contributed by atoms with Crippen molar-refractivity contribution in [1.29, 1.82) is 0 Å². The van der Waals surface area contributed by atoms with Gasteiger partial charge in [-0.2, -0.15) is 4.31 Å². The van der Waals surface area contributed by atoms with Gasteiger partial charge in [0.05, 0.1) is 0 Å². The predicted octanol–water partition coefficient (Wildman–Crippen LogP) is 2.19. The second-order valence-electron chi connectivity index (χ2n) is 6.43. The molecule has 0 aliphatic carbocycles. The van der Waals surface area contributed by atoms with Gasteiger partial charge >= 0.3 is 0 Å². The number of nitrogens with two attached hydrogens (primary N) is 1. The molecule has 0 spiro atoms. The molecule has 0 saturated carbocycles. The number of aromatic nitrogens is 1. The molecule has 0 unspecified atom stereocenters. The van der Waals surface area contributed by atoms with Gasteiger partial charge in [0.25, 0.3) is 0 Å². The van der Waals surface area contributed by atoms with Crippen molar-refractivity contribution in [1.82, 2.24) is 14.4 Å². The molecule has 1 saturated heterocycles. The van der Waals surface area contributed by atoms with Crippen LogP contribution in [0.1, 0.15) is 23.4 Å². The molecule has 0 amide bonds. The molecule has 3 rings (SSSR count). The summed E-state index contributed by atoms with van der Waals surface area (Å²) < 4.78 is 32.5. The zero-order chi connectivity index (χ0) is 18.0. The zero-order valence-electron chi connectivity index (χ0n) is 15.0. The average Bonchev–Trinajstić information content (AvgIpc) is 2.75. The highest BCUT2D eigenvalue weighted by molar-refractivity contribution is 7.89. The Bertz CT molecular complexity index is 834. The number of hydrogen-bond acceptors (Lipinski definition) is 6. The normalized spacial score (nSPS) is 16.8. The van der Waals surface area contributed by atoms with Gasteiger partial charge in [-0.1, -0.05) is 17.3 Å². The molecule has 0 atom stereocenters. The Kier molecular flexibility index (Phi) is 6.68. The number of rotatable bonds is 4. The van der Waals surface area contributed by atoms with Crippen molar-refractivity contribution in [3.05, 3.63) is 41.3 Å². The highest BCUT2D eigenvalue weighted by Gasteiger charge is 2.32. The van der Waals surface area contributed by atoms with Crippen molar-refractivity contribution < 1.29 is 12.9 Å². The Morgan fingerprint density at radius 1 is 1.19 bits per heavy atom. The predicted molar refractivity (Wildman–Crippen MR) is 103 cm³/mol. The lowest BCUT2D eigenvalue weighted by atomic mass is 10.2. The van der Waals surface area contributed by atoms with Gasteiger partial charge < -0.3 is 10.3 Å². The Morgan fingerprint density at radius 3 is 2.62 bits per heavy atom. The summed E-state index contributed by atoms with van der Waals surface area (Å²) in [4.78, 5) is 2.47. The number of nitrogen functional groups attached to an aromatic ring is 1. The summed E-state index contributed by atoms with van der Waals surface area (Å²) in [5.74, 6) is 0.346. The number of benzene rings is 1. The standard InChI is InChI=1S/C17H24N4O3S.ClH/c1-13-17(14(2)24-19-13)25(22,23)21-8-4-7-20(9-10-21)12-15-5-3-6-16(18)11-15;/h3,5-6,11H,4,7-10,12,18H2,1-2H3;1H. The summed E-state index contributed by atoms with van der Waals surface area (Å²) >= 11 is 0. The van der Waals surface area contributed by atoms with E-state index in [0.29, 0.717) is 31.1 Å². The van der Waals surface area contributed by atoms with Crippen molar-refractivity contribution in [2.45, 2.75) is 31.7 Å². The van der Waals surface area contributed by atoms with Gasteiger partial charge in [-0.15, -0.1) is 12.4 Å². The molecule has 1 aliphatic rings. The molecule has 7 nitrogen and oxygen atoms in total. The van der Waals surface area contributed by atoms with Gasteiger partial charge in [0.1, 0.15) is 10.6 Å². The minimum Gasteiger partial charge on any atom is -0.399 e. The largest absolute Gasteiger partial charge is 0.399 e. The second kappa shape index (κ2) is 8.39. The minimum absolute atomic E-state index is 0. The van der Waals surface area contributed by atoms with Crippen molar-refractivity contribution in [2.75, 3.05) is 31.9 Å². The highest BCUT2D eigenvalue weighted by Crippen LogP contribution is 2.24. The molecule has 26 heavy (non-hydrogen) atoms. The maximum Gasteiger partial charge on any atom is 0.248 e. The van der Waals surface area contributed by atoms with Crippen molar-refractivity contribution in [3.63, 3.8) is 0 Å². The molecule has 2 N–H and O–H groups in total. The molecule has 2 aromatic rings. The molecule has 2 heterocycles. The van der Waals surface area contributed by atoms with Gasteiger partial charge in [0.2, 0.25) is 10.0 Å². The molecule has 0 radical (unpaired) electrons. The van der Waals surface area contributed by atoms with Gasteiger partial charge in [0.15, 0.2) is 5.76 Å². The quantitative estimate of drug-likeness (QED) is 0.791. The van der Waals surface area contributed by atoms with E-state index in [4.69, 9.17) is 10.3 Å². The van der Waals surface area contributed by atoms with Crippen molar-refractivity contribution >= 4 is 28.1 Å². The summed E-state index contributed by atoms with van der Waals surface area (Å²) in [6.07, 6.45) is 0.783. The summed E-state index contributed by atoms with van der Waals surface area (Å²) in [6, 6.07) is 7.81. The first-order chi connectivity index (χ1) is 11.9. The fourth-order valence-corrected chi connectivity index (χ4v) is 5.03. The lowest BCUT2D eigenvalue weighted by molar-refractivity contribution is 0.278. The average molecular weight is 401 g/mol. The van der Waals surface area contributed by atoms with Gasteiger partial charge in [0, 0.05) is 31.9 Å². The van der Waals surface area contributed by atoms with Crippen LogP contribution in [0.5, 0.6) is 0 Å². The van der Waals surface area contributed by atoms with Crippen LogP contribution in [0.2, 0.25) is 0 Å². The Labute approximate surface area is 160 Å². The van der Waals surface area contributed by atoms with E-state index in [9.17, 15) is 8.42 Å². The summed E-state index contributed by atoms with van der Waals surface area (Å²) in [6.45, 7) is 6.54. The van der Waals surface area contributed by atoms with Gasteiger partial charge in [-0.05, 0) is 44.5 Å². The van der Waals surface area contributed by atoms with Crippen LogP contribution in [0.25, 0.3) is 0 Å². The molecule has 9 heteroatoms. The summed E-state index contributed by atoms with van der Waals surface area (Å²) in [5.41, 5.74) is 8.14. The van der Waals surface area contributed by atoms with E-state index in [1.54, 1.807) is 18.2 Å². The third-order valence-electron chi connectivity index (χ3n) is 4.47. The highest BCUT2D eigenvalue weighted by atomic mass is 35.5. The maximum atomic E-state index is 12.9. The number of sulfonamides is 1. The second-order valence-corrected chi connectivity index (χ2v) is 8.31. The van der Waals surface area contributed by atoms with Crippen LogP contribution in [0.3, 0.4) is 0 Å². The molecular formula is C17H25ClN4O3S. The topological polar surface area (TPSA) is 92.7 Å². The van der Waals surface area contributed by atoms with E-state index in [1.165, 1.54) is 0 Å². The molecule has 1 aliphatic heterocycles. The van der Waals surface area contributed by atoms with E-state index >= 15 is 0 Å². The van der Waals surface area contributed by atoms with Crippen LogP contribution >= 0.6 is 12.4 Å². The van der Waals surface area contributed by atoms with Crippen molar-refractivity contribution in [3.8, 4) is 0 Å². The van der Waals surface area contributed by atoms with E-state index in [-0.39, 0.29) is 17.3 Å². The number of nitrogens with zero attached hydrogens (tertiary/aromatic N) is 3. The number of aryl methyl sites for hydroxylation is 2. The lowest BCUT2D eigenvalue weighted by Gasteiger charge is -2.21. The van der Waals surface area contributed by atoms with Crippen LogP contribution in [0, 0.1) is 13.8 Å². The van der Waals surface area contributed by atoms with Crippen LogP contribution in [-0.4, -0.2) is 49.0 Å². The van der Waals surface area contributed by atoms with Crippen molar-refractivity contribution in [2.24, 2.45) is 0 Å². The van der Waals surface area contributed by atoms with E-state index in [1.807, 2.05) is 24.3 Å². The summed E-state index contributed by atoms with van der Waals surface area (Å²) in [7, 11) is -3.58. The fourth-order valence-electron chi connectivity index (χ4n) is 3.27. The maximum absolute atomic E-state index is 12.9. The summed E-state index contributed by atoms with van der Waals surface area (Å²) in [5, 5.41) is 3.78. The Balaban J connectivity index is 0.00000243. The third kappa shape index (κ3) is 4.37.